The van der Waals surface area contributed by atoms with E-state index in [1.807, 2.05) is 11.9 Å². The predicted octanol–water partition coefficient (Wildman–Crippen LogP) is 1.17. The molecule has 1 N–H and O–H groups in total. The Bertz CT molecular complexity index is 739. The third-order valence-corrected chi connectivity index (χ3v) is 7.29. The number of sulfonamides is 1. The van der Waals surface area contributed by atoms with Gasteiger partial charge in [-0.1, -0.05) is 6.07 Å². The summed E-state index contributed by atoms with van der Waals surface area (Å²) >= 11 is 0. The highest BCUT2D eigenvalue weighted by atomic mass is 32.2. The van der Waals surface area contributed by atoms with Crippen molar-refractivity contribution in [3.63, 3.8) is 0 Å². The highest BCUT2D eigenvalue weighted by Gasteiger charge is 2.28. The van der Waals surface area contributed by atoms with Crippen molar-refractivity contribution in [2.75, 3.05) is 53.0 Å². The SMILES string of the molecule is CNCCC1CCN(C(=O)c2cccc(S(=O)(=O)N3CCOCC3)c2)CC1. The number of amides is 1. The van der Waals surface area contributed by atoms with Gasteiger partial charge in [-0.15, -0.1) is 0 Å². The molecule has 0 atom stereocenters. The van der Waals surface area contributed by atoms with E-state index in [9.17, 15) is 13.2 Å². The molecule has 2 fully saturated rings. The standard InChI is InChI=1S/C19H29N3O4S/c1-20-8-5-16-6-9-21(10-7-16)19(23)17-3-2-4-18(15-17)27(24,25)22-11-13-26-14-12-22/h2-4,15-16,20H,5-14H2,1H3. The van der Waals surface area contributed by atoms with Crippen LogP contribution in [0.4, 0.5) is 0 Å². The molecule has 2 aliphatic heterocycles. The van der Waals surface area contributed by atoms with E-state index in [-0.39, 0.29) is 10.8 Å². The second-order valence-corrected chi connectivity index (χ2v) is 9.11. The van der Waals surface area contributed by atoms with Crippen molar-refractivity contribution in [2.45, 2.75) is 24.2 Å². The summed E-state index contributed by atoms with van der Waals surface area (Å²) in [6.45, 7) is 3.96. The van der Waals surface area contributed by atoms with Gasteiger partial charge in [0.05, 0.1) is 18.1 Å². The third-order valence-electron chi connectivity index (χ3n) is 5.39. The van der Waals surface area contributed by atoms with E-state index in [1.54, 1.807) is 18.2 Å². The molecule has 0 aliphatic carbocycles. The number of nitrogens with one attached hydrogen (secondary N) is 1. The van der Waals surface area contributed by atoms with Gasteiger partial charge in [0.2, 0.25) is 10.0 Å². The van der Waals surface area contributed by atoms with Gasteiger partial charge < -0.3 is 15.0 Å². The molecule has 8 heteroatoms. The van der Waals surface area contributed by atoms with Gasteiger partial charge >= 0.3 is 0 Å². The molecule has 2 aliphatic rings. The molecule has 3 rings (SSSR count). The molecule has 2 heterocycles. The van der Waals surface area contributed by atoms with Crippen LogP contribution in [0.25, 0.3) is 0 Å². The number of ether oxygens (including phenoxy) is 1. The lowest BCUT2D eigenvalue weighted by Gasteiger charge is -2.32. The zero-order chi connectivity index (χ0) is 19.3. The molecular weight excluding hydrogens is 366 g/mol. The monoisotopic (exact) mass is 395 g/mol. The van der Waals surface area contributed by atoms with Crippen LogP contribution >= 0.6 is 0 Å². The smallest absolute Gasteiger partial charge is 0.253 e. The van der Waals surface area contributed by atoms with Crippen LogP contribution in [-0.2, 0) is 14.8 Å². The van der Waals surface area contributed by atoms with Crippen molar-refractivity contribution in [2.24, 2.45) is 5.92 Å². The normalized spacial score (nSPS) is 20.0. The van der Waals surface area contributed by atoms with E-state index in [2.05, 4.69) is 5.32 Å². The second kappa shape index (κ2) is 9.14. The van der Waals surface area contributed by atoms with Crippen molar-refractivity contribution >= 4 is 15.9 Å². The first-order chi connectivity index (χ1) is 13.0. The molecule has 7 nitrogen and oxygen atoms in total. The van der Waals surface area contributed by atoms with E-state index in [4.69, 9.17) is 4.74 Å². The van der Waals surface area contributed by atoms with Crippen molar-refractivity contribution in [3.8, 4) is 0 Å². The topological polar surface area (TPSA) is 79.0 Å². The van der Waals surface area contributed by atoms with Crippen LogP contribution in [0, 0.1) is 5.92 Å². The first-order valence-electron chi connectivity index (χ1n) is 9.64. The van der Waals surface area contributed by atoms with Crippen LogP contribution in [0.5, 0.6) is 0 Å². The Labute approximate surface area is 161 Å². The van der Waals surface area contributed by atoms with Crippen molar-refractivity contribution in [3.05, 3.63) is 29.8 Å². The number of carbonyl (C=O) groups is 1. The van der Waals surface area contributed by atoms with Gasteiger partial charge in [0, 0.05) is 31.7 Å². The summed E-state index contributed by atoms with van der Waals surface area (Å²) in [4.78, 5) is 14.9. The quantitative estimate of drug-likeness (QED) is 0.782. The largest absolute Gasteiger partial charge is 0.379 e. The van der Waals surface area contributed by atoms with Gasteiger partial charge in [-0.25, -0.2) is 8.42 Å². The Hall–Kier alpha value is -1.48. The lowest BCUT2D eigenvalue weighted by molar-refractivity contribution is 0.0686. The highest BCUT2D eigenvalue weighted by Crippen LogP contribution is 2.23. The Morgan fingerprint density at radius 1 is 1.19 bits per heavy atom. The fourth-order valence-electron chi connectivity index (χ4n) is 3.68. The first-order valence-corrected chi connectivity index (χ1v) is 11.1. The van der Waals surface area contributed by atoms with Crippen LogP contribution in [0.3, 0.4) is 0 Å². The van der Waals surface area contributed by atoms with Crippen molar-refractivity contribution in [1.82, 2.24) is 14.5 Å². The summed E-state index contributed by atoms with van der Waals surface area (Å²) in [5.74, 6) is 0.565. The van der Waals surface area contributed by atoms with E-state index < -0.39 is 10.0 Å². The number of likely N-dealkylation sites (tertiary alicyclic amines) is 1. The Kier molecular flexibility index (Phi) is 6.86. The average molecular weight is 396 g/mol. The fourth-order valence-corrected chi connectivity index (χ4v) is 5.14. The van der Waals surface area contributed by atoms with Crippen LogP contribution < -0.4 is 5.32 Å². The predicted molar refractivity (Wildman–Crippen MR) is 103 cm³/mol. The van der Waals surface area contributed by atoms with Crippen molar-refractivity contribution in [1.29, 1.82) is 0 Å². The van der Waals surface area contributed by atoms with Crippen LogP contribution in [0.2, 0.25) is 0 Å². The second-order valence-electron chi connectivity index (χ2n) is 7.17. The first kappa shape index (κ1) is 20.3. The van der Waals surface area contributed by atoms with Crippen molar-refractivity contribution < 1.29 is 17.9 Å². The van der Waals surface area contributed by atoms with E-state index in [0.717, 1.165) is 38.9 Å². The van der Waals surface area contributed by atoms with Gasteiger partial charge in [-0.3, -0.25) is 4.79 Å². The molecule has 0 aromatic heterocycles. The average Bonchev–Trinajstić information content (AvgIpc) is 2.73. The Morgan fingerprint density at radius 3 is 2.56 bits per heavy atom. The maximum absolute atomic E-state index is 12.9. The zero-order valence-corrected chi connectivity index (χ0v) is 16.7. The zero-order valence-electron chi connectivity index (χ0n) is 15.9. The maximum Gasteiger partial charge on any atom is 0.253 e. The summed E-state index contributed by atoms with van der Waals surface area (Å²) in [6.07, 6.45) is 3.13. The molecule has 2 saturated heterocycles. The molecule has 1 amide bonds. The molecule has 1 aromatic rings. The van der Waals surface area contributed by atoms with E-state index in [1.165, 1.54) is 10.4 Å². The third kappa shape index (κ3) is 4.87. The molecule has 0 unspecified atom stereocenters. The number of carbonyl (C=O) groups excluding carboxylic acids is 1. The number of nitrogens with zero attached hydrogens (tertiary/aromatic N) is 2. The summed E-state index contributed by atoms with van der Waals surface area (Å²) in [6, 6.07) is 6.43. The minimum absolute atomic E-state index is 0.0823. The lowest BCUT2D eigenvalue weighted by Crippen LogP contribution is -2.41. The van der Waals surface area contributed by atoms with Crippen LogP contribution in [-0.4, -0.2) is 76.5 Å². The number of rotatable bonds is 6. The van der Waals surface area contributed by atoms with Gasteiger partial charge in [-0.2, -0.15) is 4.31 Å². The summed E-state index contributed by atoms with van der Waals surface area (Å²) in [5, 5.41) is 3.17. The van der Waals surface area contributed by atoms with Gasteiger partial charge in [0.15, 0.2) is 0 Å². The Morgan fingerprint density at radius 2 is 1.89 bits per heavy atom. The van der Waals surface area contributed by atoms with E-state index in [0.29, 0.717) is 37.8 Å². The van der Waals surface area contributed by atoms with Gasteiger partial charge in [-0.05, 0) is 57.0 Å². The molecule has 150 valence electrons. The molecular formula is C19H29N3O4S. The number of piperidine rings is 1. The molecule has 0 saturated carbocycles. The molecule has 1 aromatic carbocycles. The van der Waals surface area contributed by atoms with Gasteiger partial charge in [0.1, 0.15) is 0 Å². The molecule has 0 bridgehead atoms. The van der Waals surface area contributed by atoms with E-state index >= 15 is 0 Å². The number of hydrogen-bond acceptors (Lipinski definition) is 5. The summed E-state index contributed by atoms with van der Waals surface area (Å²) in [5.41, 5.74) is 0.443. The Balaban J connectivity index is 1.67. The molecule has 0 spiro atoms. The minimum atomic E-state index is -3.59. The number of morpholine rings is 1. The number of benzene rings is 1. The maximum atomic E-state index is 12.9. The highest BCUT2D eigenvalue weighted by molar-refractivity contribution is 7.89. The molecule has 27 heavy (non-hydrogen) atoms. The lowest BCUT2D eigenvalue weighted by atomic mass is 9.93. The van der Waals surface area contributed by atoms with Crippen LogP contribution in [0.15, 0.2) is 29.2 Å². The summed E-state index contributed by atoms with van der Waals surface area (Å²) in [7, 11) is -1.64. The molecule has 0 radical (unpaired) electrons. The number of hydrogen-bond donors (Lipinski definition) is 1. The van der Waals surface area contributed by atoms with Gasteiger partial charge in [0.25, 0.3) is 5.91 Å². The summed E-state index contributed by atoms with van der Waals surface area (Å²) < 4.78 is 32.3. The van der Waals surface area contributed by atoms with Crippen LogP contribution in [0.1, 0.15) is 29.6 Å². The minimum Gasteiger partial charge on any atom is -0.379 e. The fraction of sp³-hybridized carbons (Fsp3) is 0.632.